The van der Waals surface area contributed by atoms with E-state index in [0.717, 1.165) is 0 Å². The van der Waals surface area contributed by atoms with Gasteiger partial charge in [-0.25, -0.2) is 0 Å². The van der Waals surface area contributed by atoms with E-state index in [1.807, 2.05) is 0 Å². The fraction of sp³-hybridized carbons (Fsp3) is 1.00. The maximum absolute atomic E-state index is 2.34. The Morgan fingerprint density at radius 1 is 1.09 bits per heavy atom. The van der Waals surface area contributed by atoms with E-state index in [0.29, 0.717) is 5.29 Å². The summed E-state index contributed by atoms with van der Waals surface area (Å²) in [5.41, 5.74) is 0. The monoisotopic (exact) mass is 174 g/mol. The maximum atomic E-state index is 2.34. The van der Waals surface area contributed by atoms with Crippen molar-refractivity contribution >= 4 is 10.2 Å². The molecule has 2 nitrogen and oxygen atoms in total. The van der Waals surface area contributed by atoms with Crippen molar-refractivity contribution in [3.63, 3.8) is 0 Å². The molecule has 0 saturated carbocycles. The Morgan fingerprint density at radius 3 is 1.55 bits per heavy atom. The van der Waals surface area contributed by atoms with Gasteiger partial charge in [0, 0.05) is 10.2 Å². The first kappa shape index (κ1) is 11.1. The molecule has 0 atom stereocenters. The zero-order valence-corrected chi connectivity index (χ0v) is 10.8. The molecule has 0 saturated heterocycles. The van der Waals surface area contributed by atoms with Gasteiger partial charge in [-0.2, -0.15) is 0 Å². The fourth-order valence-electron chi connectivity index (χ4n) is 1.32. The molecule has 0 rings (SSSR count). The van der Waals surface area contributed by atoms with Crippen LogP contribution >= 0.6 is 0 Å². The molecule has 68 valence electrons. The van der Waals surface area contributed by atoms with E-state index < -0.39 is 0 Å². The number of hydrogen-bond donors (Lipinski definition) is 0. The van der Waals surface area contributed by atoms with Crippen LogP contribution < -0.4 is 0 Å². The van der Waals surface area contributed by atoms with Crippen molar-refractivity contribution in [3.8, 4) is 0 Å². The van der Waals surface area contributed by atoms with Crippen LogP contribution in [0.25, 0.3) is 0 Å². The van der Waals surface area contributed by atoms with Crippen LogP contribution in [0.4, 0.5) is 0 Å². The first-order valence-electron chi connectivity index (χ1n) is 4.30. The van der Waals surface area contributed by atoms with Gasteiger partial charge in [-0.15, -0.1) is 0 Å². The molecule has 0 unspecified atom stereocenters. The second-order valence-corrected chi connectivity index (χ2v) is 5.36. The van der Waals surface area contributed by atoms with Crippen molar-refractivity contribution in [2.45, 2.75) is 25.1 Å². The second-order valence-electron chi connectivity index (χ2n) is 3.76. The zero-order chi connectivity index (χ0) is 9.07. The quantitative estimate of drug-likeness (QED) is 0.435. The van der Waals surface area contributed by atoms with Gasteiger partial charge in [-0.3, -0.25) is 9.80 Å². The van der Waals surface area contributed by atoms with Gasteiger partial charge in [-0.1, -0.05) is 13.3 Å². The van der Waals surface area contributed by atoms with Gasteiger partial charge < -0.3 is 0 Å². The van der Waals surface area contributed by atoms with Crippen molar-refractivity contribution < 1.29 is 0 Å². The van der Waals surface area contributed by atoms with Gasteiger partial charge in [0.25, 0.3) is 0 Å². The Labute approximate surface area is 74.0 Å². The van der Waals surface area contributed by atoms with Gasteiger partial charge in [0.15, 0.2) is 0 Å². The van der Waals surface area contributed by atoms with Crippen LogP contribution in [0.1, 0.15) is 19.8 Å². The summed E-state index contributed by atoms with van der Waals surface area (Å²) >= 11 is 0. The number of rotatable bonds is 4. The van der Waals surface area contributed by atoms with Gasteiger partial charge >= 0.3 is 0 Å². The lowest BCUT2D eigenvalue weighted by molar-refractivity contribution is 0.0752. The minimum absolute atomic E-state index is 0.356. The molecule has 0 heterocycles. The van der Waals surface area contributed by atoms with Crippen LogP contribution in [0.2, 0.25) is 0 Å². The van der Waals surface area contributed by atoms with E-state index in [1.165, 1.54) is 23.1 Å². The van der Waals surface area contributed by atoms with Crippen LogP contribution in [-0.4, -0.2) is 53.5 Å². The Hall–Kier alpha value is 0.137. The van der Waals surface area contributed by atoms with E-state index in [1.54, 1.807) is 0 Å². The Kier molecular flexibility index (Phi) is 4.29. The lowest BCUT2D eigenvalue weighted by Gasteiger charge is -2.42. The summed E-state index contributed by atoms with van der Waals surface area (Å²) in [6.07, 6.45) is 2.54. The summed E-state index contributed by atoms with van der Waals surface area (Å²) in [6.45, 7) is 2.25. The molecule has 0 aromatic carbocycles. The third-order valence-electron chi connectivity index (χ3n) is 2.65. The first-order valence-corrected chi connectivity index (χ1v) is 5.30. The van der Waals surface area contributed by atoms with Crippen LogP contribution in [-0.2, 0) is 0 Å². The van der Waals surface area contributed by atoms with E-state index >= 15 is 0 Å². The van der Waals surface area contributed by atoms with Gasteiger partial charge in [0.2, 0.25) is 0 Å². The molecule has 0 aromatic heterocycles. The molecule has 0 amide bonds. The summed E-state index contributed by atoms with van der Waals surface area (Å²) in [6, 6.07) is 0. The standard InChI is InChI=1S/C8H22N2Si/c1-6-7-8(11,9(2)3)10(4)5/h6-7H2,1-5,11H3. The van der Waals surface area contributed by atoms with Crippen molar-refractivity contribution in [3.05, 3.63) is 0 Å². The molecule has 0 aromatic rings. The summed E-state index contributed by atoms with van der Waals surface area (Å²) in [7, 11) is 9.88. The minimum atomic E-state index is 0.356. The molecule has 0 aliphatic heterocycles. The molecule has 0 spiro atoms. The van der Waals surface area contributed by atoms with Crippen LogP contribution in [0.5, 0.6) is 0 Å². The predicted octanol–water partition coefficient (Wildman–Crippen LogP) is -0.0711. The van der Waals surface area contributed by atoms with E-state index in [-0.39, 0.29) is 0 Å². The molecule has 0 aliphatic rings. The molecule has 11 heavy (non-hydrogen) atoms. The van der Waals surface area contributed by atoms with Crippen molar-refractivity contribution in [1.29, 1.82) is 0 Å². The van der Waals surface area contributed by atoms with Crippen molar-refractivity contribution in [2.24, 2.45) is 0 Å². The molecular weight excluding hydrogens is 152 g/mol. The highest BCUT2D eigenvalue weighted by Gasteiger charge is 2.27. The number of hydrogen-bond acceptors (Lipinski definition) is 2. The van der Waals surface area contributed by atoms with Crippen LogP contribution in [0.15, 0.2) is 0 Å². The second kappa shape index (κ2) is 4.23. The zero-order valence-electron chi connectivity index (χ0n) is 8.81. The third-order valence-corrected chi connectivity index (χ3v) is 4.94. The largest absolute Gasteiger partial charge is 0.295 e. The SMILES string of the molecule is CCCC([SiH3])(N(C)C)N(C)C. The Morgan fingerprint density at radius 2 is 1.45 bits per heavy atom. The lowest BCUT2D eigenvalue weighted by Crippen LogP contribution is -2.55. The fourth-order valence-corrected chi connectivity index (χ4v) is 1.82. The normalized spacial score (nSPS) is 13.4. The smallest absolute Gasteiger partial charge is 0.0511 e. The lowest BCUT2D eigenvalue weighted by atomic mass is 10.2. The Bertz CT molecular complexity index is 105. The van der Waals surface area contributed by atoms with Gasteiger partial charge in [-0.05, 0) is 34.6 Å². The molecule has 3 heteroatoms. The number of nitrogens with zero attached hydrogens (tertiary/aromatic N) is 2. The summed E-state index contributed by atoms with van der Waals surface area (Å²) < 4.78 is 0. The molecule has 0 bridgehead atoms. The van der Waals surface area contributed by atoms with Crippen molar-refractivity contribution in [2.75, 3.05) is 28.2 Å². The highest BCUT2D eigenvalue weighted by molar-refractivity contribution is 6.14. The summed E-state index contributed by atoms with van der Waals surface area (Å²) in [5.74, 6) is 0. The van der Waals surface area contributed by atoms with Crippen LogP contribution in [0.3, 0.4) is 0 Å². The summed E-state index contributed by atoms with van der Waals surface area (Å²) in [5, 5.41) is 0.356. The Balaban J connectivity index is 4.26. The highest BCUT2D eigenvalue weighted by atomic mass is 28.1. The molecule has 0 aliphatic carbocycles. The van der Waals surface area contributed by atoms with E-state index in [4.69, 9.17) is 0 Å². The van der Waals surface area contributed by atoms with E-state index in [9.17, 15) is 0 Å². The van der Waals surface area contributed by atoms with Gasteiger partial charge in [0.05, 0.1) is 5.29 Å². The topological polar surface area (TPSA) is 6.48 Å². The summed E-state index contributed by atoms with van der Waals surface area (Å²) in [4.78, 5) is 4.67. The van der Waals surface area contributed by atoms with E-state index in [2.05, 4.69) is 44.9 Å². The van der Waals surface area contributed by atoms with Crippen LogP contribution in [0, 0.1) is 0 Å². The van der Waals surface area contributed by atoms with Gasteiger partial charge in [0.1, 0.15) is 0 Å². The third kappa shape index (κ3) is 2.58. The maximum Gasteiger partial charge on any atom is 0.0511 e. The molecule has 0 fully saturated rings. The molecule has 0 radical (unpaired) electrons. The minimum Gasteiger partial charge on any atom is -0.295 e. The first-order chi connectivity index (χ1) is 4.95. The highest BCUT2D eigenvalue weighted by Crippen LogP contribution is 2.16. The average molecular weight is 174 g/mol. The molecule has 0 N–H and O–H groups in total. The average Bonchev–Trinajstić information content (AvgIpc) is 1.87. The predicted molar refractivity (Wildman–Crippen MR) is 55.0 cm³/mol. The van der Waals surface area contributed by atoms with Crippen molar-refractivity contribution in [1.82, 2.24) is 9.80 Å². The molecular formula is C8H22N2Si.